The van der Waals surface area contributed by atoms with Crippen molar-refractivity contribution in [1.82, 2.24) is 0 Å². The number of para-hydroxylation sites is 1. The van der Waals surface area contributed by atoms with Gasteiger partial charge >= 0.3 is 0 Å². The highest BCUT2D eigenvalue weighted by molar-refractivity contribution is 5.96. The summed E-state index contributed by atoms with van der Waals surface area (Å²) in [6.07, 6.45) is 3.41. The van der Waals surface area contributed by atoms with Gasteiger partial charge in [0.15, 0.2) is 0 Å². The molecule has 4 nitrogen and oxygen atoms in total. The molecular formula is C16H24N2O2. The minimum Gasteiger partial charge on any atom is -0.364 e. The van der Waals surface area contributed by atoms with Crippen LogP contribution in [0.25, 0.3) is 0 Å². The second-order valence-electron chi connectivity index (χ2n) is 5.24. The SMILES string of the molecule is CCCCN(C(=O)C1CCC(CN)O1)c1ccccc1. The summed E-state index contributed by atoms with van der Waals surface area (Å²) in [5, 5.41) is 0. The molecule has 1 heterocycles. The van der Waals surface area contributed by atoms with Crippen LogP contribution in [0.15, 0.2) is 30.3 Å². The molecule has 1 aliphatic heterocycles. The van der Waals surface area contributed by atoms with Crippen LogP contribution in [0.2, 0.25) is 0 Å². The summed E-state index contributed by atoms with van der Waals surface area (Å²) in [5.74, 6) is 0.0700. The quantitative estimate of drug-likeness (QED) is 0.867. The molecule has 0 spiro atoms. The lowest BCUT2D eigenvalue weighted by atomic mass is 10.1. The van der Waals surface area contributed by atoms with Crippen LogP contribution >= 0.6 is 0 Å². The van der Waals surface area contributed by atoms with Gasteiger partial charge in [0.05, 0.1) is 6.10 Å². The first-order chi connectivity index (χ1) is 9.76. The topological polar surface area (TPSA) is 55.6 Å². The Labute approximate surface area is 120 Å². The normalized spacial score (nSPS) is 21.9. The van der Waals surface area contributed by atoms with Gasteiger partial charge in [-0.2, -0.15) is 0 Å². The standard InChI is InChI=1S/C16H24N2O2/c1-2-3-11-18(13-7-5-4-6-8-13)16(19)15-10-9-14(12-17)20-15/h4-8,14-15H,2-3,9-12,17H2,1H3. The molecule has 0 radical (unpaired) electrons. The number of anilines is 1. The van der Waals surface area contributed by atoms with Gasteiger partial charge in [-0.1, -0.05) is 31.5 Å². The van der Waals surface area contributed by atoms with Crippen molar-refractivity contribution in [2.75, 3.05) is 18.0 Å². The largest absolute Gasteiger partial charge is 0.364 e. The first-order valence-corrected chi connectivity index (χ1v) is 7.48. The van der Waals surface area contributed by atoms with Gasteiger partial charge in [-0.15, -0.1) is 0 Å². The molecule has 1 aliphatic rings. The summed E-state index contributed by atoms with van der Waals surface area (Å²) in [6.45, 7) is 3.36. The molecule has 0 saturated carbocycles. The van der Waals surface area contributed by atoms with Gasteiger partial charge in [0.25, 0.3) is 5.91 Å². The van der Waals surface area contributed by atoms with E-state index in [2.05, 4.69) is 6.92 Å². The smallest absolute Gasteiger partial charge is 0.256 e. The van der Waals surface area contributed by atoms with Crippen molar-refractivity contribution < 1.29 is 9.53 Å². The molecule has 2 atom stereocenters. The lowest BCUT2D eigenvalue weighted by Crippen LogP contribution is -2.40. The molecule has 0 aromatic heterocycles. The van der Waals surface area contributed by atoms with Gasteiger partial charge in [0.2, 0.25) is 0 Å². The highest BCUT2D eigenvalue weighted by atomic mass is 16.5. The zero-order chi connectivity index (χ0) is 14.4. The van der Waals surface area contributed by atoms with Crippen LogP contribution < -0.4 is 10.6 Å². The third-order valence-electron chi connectivity index (χ3n) is 3.72. The lowest BCUT2D eigenvalue weighted by molar-refractivity contribution is -0.129. The summed E-state index contributed by atoms with van der Waals surface area (Å²) in [6, 6.07) is 9.83. The Bertz CT molecular complexity index is 422. The van der Waals surface area contributed by atoms with E-state index in [1.807, 2.05) is 35.2 Å². The first-order valence-electron chi connectivity index (χ1n) is 7.48. The predicted molar refractivity (Wildman–Crippen MR) is 80.7 cm³/mol. The average Bonchev–Trinajstić information content (AvgIpc) is 2.97. The Kier molecular flexibility index (Phi) is 5.56. The van der Waals surface area contributed by atoms with Crippen molar-refractivity contribution in [2.45, 2.75) is 44.8 Å². The minimum absolute atomic E-state index is 0.0350. The van der Waals surface area contributed by atoms with Gasteiger partial charge < -0.3 is 15.4 Å². The number of unbranched alkanes of at least 4 members (excludes halogenated alkanes) is 1. The molecular weight excluding hydrogens is 252 g/mol. The molecule has 0 bridgehead atoms. The van der Waals surface area contributed by atoms with E-state index in [9.17, 15) is 4.79 Å². The molecule has 2 N–H and O–H groups in total. The molecule has 2 unspecified atom stereocenters. The monoisotopic (exact) mass is 276 g/mol. The summed E-state index contributed by atoms with van der Waals surface area (Å²) in [5.41, 5.74) is 6.56. The van der Waals surface area contributed by atoms with Crippen molar-refractivity contribution in [1.29, 1.82) is 0 Å². The third-order valence-corrected chi connectivity index (χ3v) is 3.72. The molecule has 1 aromatic carbocycles. The molecule has 0 aliphatic carbocycles. The molecule has 1 amide bonds. The minimum atomic E-state index is -0.333. The zero-order valence-corrected chi connectivity index (χ0v) is 12.1. The van der Waals surface area contributed by atoms with E-state index in [1.165, 1.54) is 0 Å². The van der Waals surface area contributed by atoms with E-state index < -0.39 is 0 Å². The molecule has 20 heavy (non-hydrogen) atoms. The van der Waals surface area contributed by atoms with E-state index in [0.717, 1.165) is 37.9 Å². The van der Waals surface area contributed by atoms with Crippen LogP contribution in [0.1, 0.15) is 32.6 Å². The Hall–Kier alpha value is -1.39. The highest BCUT2D eigenvalue weighted by Gasteiger charge is 2.33. The van der Waals surface area contributed by atoms with E-state index >= 15 is 0 Å². The van der Waals surface area contributed by atoms with Crippen molar-refractivity contribution in [3.63, 3.8) is 0 Å². The van der Waals surface area contributed by atoms with Crippen molar-refractivity contribution in [2.24, 2.45) is 5.73 Å². The number of benzene rings is 1. The summed E-state index contributed by atoms with van der Waals surface area (Å²) >= 11 is 0. The Balaban J connectivity index is 2.08. The Morgan fingerprint density at radius 3 is 2.70 bits per heavy atom. The molecule has 1 aromatic rings. The van der Waals surface area contributed by atoms with E-state index in [0.29, 0.717) is 6.54 Å². The highest BCUT2D eigenvalue weighted by Crippen LogP contribution is 2.24. The maximum atomic E-state index is 12.7. The number of nitrogens with two attached hydrogens (primary N) is 1. The summed E-state index contributed by atoms with van der Waals surface area (Å²) in [7, 11) is 0. The second-order valence-corrected chi connectivity index (χ2v) is 5.24. The Morgan fingerprint density at radius 1 is 1.35 bits per heavy atom. The fourth-order valence-corrected chi connectivity index (χ4v) is 2.53. The van der Waals surface area contributed by atoms with Crippen LogP contribution in [0, 0.1) is 0 Å². The van der Waals surface area contributed by atoms with E-state index in [1.54, 1.807) is 0 Å². The molecule has 2 rings (SSSR count). The number of hydrogen-bond donors (Lipinski definition) is 1. The predicted octanol–water partition coefficient (Wildman–Crippen LogP) is 2.33. The number of ether oxygens (including phenoxy) is 1. The van der Waals surface area contributed by atoms with Gasteiger partial charge in [0.1, 0.15) is 6.10 Å². The maximum Gasteiger partial charge on any atom is 0.256 e. The number of amides is 1. The van der Waals surface area contributed by atoms with Gasteiger partial charge in [0, 0.05) is 18.8 Å². The fourth-order valence-electron chi connectivity index (χ4n) is 2.53. The Morgan fingerprint density at radius 2 is 2.10 bits per heavy atom. The van der Waals surface area contributed by atoms with Crippen LogP contribution in [0.5, 0.6) is 0 Å². The van der Waals surface area contributed by atoms with Crippen LogP contribution in [0.4, 0.5) is 5.69 Å². The number of carbonyl (C=O) groups excluding carboxylic acids is 1. The zero-order valence-electron chi connectivity index (χ0n) is 12.1. The second kappa shape index (κ2) is 7.41. The van der Waals surface area contributed by atoms with Crippen molar-refractivity contribution >= 4 is 11.6 Å². The fraction of sp³-hybridized carbons (Fsp3) is 0.562. The number of hydrogen-bond acceptors (Lipinski definition) is 3. The van der Waals surface area contributed by atoms with Gasteiger partial charge in [-0.3, -0.25) is 4.79 Å². The first kappa shape index (κ1) is 15.0. The summed E-state index contributed by atoms with van der Waals surface area (Å²) in [4.78, 5) is 14.5. The molecule has 110 valence electrons. The summed E-state index contributed by atoms with van der Waals surface area (Å²) < 4.78 is 5.74. The van der Waals surface area contributed by atoms with Crippen LogP contribution in [-0.4, -0.2) is 31.2 Å². The lowest BCUT2D eigenvalue weighted by Gasteiger charge is -2.25. The van der Waals surface area contributed by atoms with Gasteiger partial charge in [-0.05, 0) is 31.4 Å². The van der Waals surface area contributed by atoms with E-state index in [4.69, 9.17) is 10.5 Å². The van der Waals surface area contributed by atoms with Gasteiger partial charge in [-0.25, -0.2) is 0 Å². The van der Waals surface area contributed by atoms with Crippen molar-refractivity contribution in [3.8, 4) is 0 Å². The molecule has 1 fully saturated rings. The average molecular weight is 276 g/mol. The molecule has 1 saturated heterocycles. The molecule has 4 heteroatoms. The van der Waals surface area contributed by atoms with E-state index in [-0.39, 0.29) is 18.1 Å². The number of rotatable bonds is 6. The van der Waals surface area contributed by atoms with Crippen LogP contribution in [-0.2, 0) is 9.53 Å². The maximum absolute atomic E-state index is 12.7. The van der Waals surface area contributed by atoms with Crippen molar-refractivity contribution in [3.05, 3.63) is 30.3 Å². The van der Waals surface area contributed by atoms with Crippen LogP contribution in [0.3, 0.4) is 0 Å². The third kappa shape index (κ3) is 3.58. The number of carbonyl (C=O) groups is 1. The number of nitrogens with zero attached hydrogens (tertiary/aromatic N) is 1.